The summed E-state index contributed by atoms with van der Waals surface area (Å²) in [6.07, 6.45) is 1.61. The fraction of sp³-hybridized carbons (Fsp3) is 0.375. The Morgan fingerprint density at radius 1 is 1.47 bits per heavy atom. The number of hydrogen-bond donors (Lipinski definition) is 0. The Hall–Kier alpha value is -2.14. The molecule has 0 atom stereocenters. The zero-order valence-corrected chi connectivity index (χ0v) is 8.67. The molecule has 0 spiro atoms. The predicted octanol–water partition coefficient (Wildman–Crippen LogP) is 2.46. The van der Waals surface area contributed by atoms with E-state index in [4.69, 9.17) is 10.3 Å². The molecule has 0 amide bonds. The van der Waals surface area contributed by atoms with Crippen LogP contribution in [0.5, 0.6) is 5.88 Å². The molecule has 1 aromatic heterocycles. The molecule has 1 rings (SSSR count). The van der Waals surface area contributed by atoms with E-state index in [2.05, 4.69) is 25.0 Å². The fourth-order valence-electron chi connectivity index (χ4n) is 1.03. The molecular formula is C8H10N6O. The van der Waals surface area contributed by atoms with Crippen LogP contribution >= 0.6 is 0 Å². The van der Waals surface area contributed by atoms with Gasteiger partial charge >= 0.3 is 0 Å². The van der Waals surface area contributed by atoms with E-state index in [1.165, 1.54) is 7.11 Å². The molecule has 0 radical (unpaired) electrons. The van der Waals surface area contributed by atoms with Gasteiger partial charge in [-0.25, -0.2) is 4.98 Å². The number of aliphatic imine (C=N–C) groups is 1. The molecule has 7 heteroatoms. The second kappa shape index (κ2) is 4.92. The van der Waals surface area contributed by atoms with Gasteiger partial charge in [-0.2, -0.15) is 4.98 Å². The summed E-state index contributed by atoms with van der Waals surface area (Å²) in [5, 5.41) is 3.30. The summed E-state index contributed by atoms with van der Waals surface area (Å²) in [6, 6.07) is 0. The molecule has 0 saturated carbocycles. The lowest BCUT2D eigenvalue weighted by Crippen LogP contribution is -1.93. The van der Waals surface area contributed by atoms with Gasteiger partial charge in [0.15, 0.2) is 0 Å². The molecule has 0 saturated heterocycles. The summed E-state index contributed by atoms with van der Waals surface area (Å²) in [4.78, 5) is 14.5. The molecule has 0 fully saturated rings. The van der Waals surface area contributed by atoms with Gasteiger partial charge in [-0.1, -0.05) is 0 Å². The Bertz CT molecular complexity index is 435. The number of aryl methyl sites for hydroxylation is 1. The van der Waals surface area contributed by atoms with Crippen molar-refractivity contribution >= 4 is 17.9 Å². The summed E-state index contributed by atoms with van der Waals surface area (Å²) in [7, 11) is 1.47. The zero-order valence-electron chi connectivity index (χ0n) is 8.67. The standard InChI is InChI=1S/C8H10N6O/c1-4-10-6-5(2)11-8(13-14-9)12-7(6)15-3/h4H,1-3H3. The van der Waals surface area contributed by atoms with E-state index >= 15 is 0 Å². The average Bonchev–Trinajstić information content (AvgIpc) is 2.22. The van der Waals surface area contributed by atoms with Crippen molar-refractivity contribution in [2.45, 2.75) is 13.8 Å². The van der Waals surface area contributed by atoms with E-state index in [9.17, 15) is 0 Å². The van der Waals surface area contributed by atoms with Gasteiger partial charge in [0.2, 0.25) is 11.8 Å². The van der Waals surface area contributed by atoms with Crippen molar-refractivity contribution in [2.75, 3.05) is 7.11 Å². The third-order valence-electron chi connectivity index (χ3n) is 1.60. The molecule has 1 heterocycles. The molecular weight excluding hydrogens is 196 g/mol. The summed E-state index contributed by atoms with van der Waals surface area (Å²) < 4.78 is 5.02. The normalized spacial score (nSPS) is 10.1. The second-order valence-corrected chi connectivity index (χ2v) is 2.54. The van der Waals surface area contributed by atoms with Gasteiger partial charge in [-0.3, -0.25) is 4.99 Å². The van der Waals surface area contributed by atoms with Crippen molar-refractivity contribution in [1.29, 1.82) is 0 Å². The van der Waals surface area contributed by atoms with Crippen LogP contribution in [-0.4, -0.2) is 23.3 Å². The van der Waals surface area contributed by atoms with E-state index in [0.717, 1.165) is 0 Å². The van der Waals surface area contributed by atoms with Gasteiger partial charge in [-0.05, 0) is 24.5 Å². The lowest BCUT2D eigenvalue weighted by Gasteiger charge is -2.05. The van der Waals surface area contributed by atoms with E-state index in [0.29, 0.717) is 17.3 Å². The van der Waals surface area contributed by atoms with Crippen LogP contribution in [0.4, 0.5) is 11.6 Å². The van der Waals surface area contributed by atoms with Gasteiger partial charge < -0.3 is 4.74 Å². The van der Waals surface area contributed by atoms with Crippen LogP contribution in [0.25, 0.3) is 10.4 Å². The van der Waals surface area contributed by atoms with Crippen molar-refractivity contribution in [3.63, 3.8) is 0 Å². The van der Waals surface area contributed by atoms with Gasteiger partial charge in [0.25, 0.3) is 0 Å². The Morgan fingerprint density at radius 2 is 2.20 bits per heavy atom. The highest BCUT2D eigenvalue weighted by Crippen LogP contribution is 2.29. The molecule has 0 unspecified atom stereocenters. The molecule has 1 aromatic rings. The maximum absolute atomic E-state index is 8.25. The summed E-state index contributed by atoms with van der Waals surface area (Å²) in [6.45, 7) is 3.52. The van der Waals surface area contributed by atoms with Crippen LogP contribution in [0.1, 0.15) is 12.6 Å². The molecule has 0 N–H and O–H groups in total. The largest absolute Gasteiger partial charge is 0.479 e. The Kier molecular flexibility index (Phi) is 3.59. The van der Waals surface area contributed by atoms with E-state index < -0.39 is 0 Å². The van der Waals surface area contributed by atoms with Crippen molar-refractivity contribution in [3.8, 4) is 5.88 Å². The van der Waals surface area contributed by atoms with E-state index in [1.54, 1.807) is 20.1 Å². The van der Waals surface area contributed by atoms with Crippen LogP contribution in [0, 0.1) is 6.92 Å². The van der Waals surface area contributed by atoms with Crippen LogP contribution in [0.2, 0.25) is 0 Å². The second-order valence-electron chi connectivity index (χ2n) is 2.54. The lowest BCUT2D eigenvalue weighted by atomic mass is 10.3. The quantitative estimate of drug-likeness (QED) is 0.329. The number of ether oxygens (including phenoxy) is 1. The molecule has 0 aliphatic carbocycles. The van der Waals surface area contributed by atoms with E-state index in [-0.39, 0.29) is 5.95 Å². The van der Waals surface area contributed by atoms with Gasteiger partial charge in [-0.15, -0.1) is 0 Å². The maximum atomic E-state index is 8.25. The van der Waals surface area contributed by atoms with Crippen LogP contribution < -0.4 is 4.74 Å². The third kappa shape index (κ3) is 2.41. The SMILES string of the molecule is CC=Nc1c(C)nc(N=[N+]=[N-])nc1OC. The first-order valence-corrected chi connectivity index (χ1v) is 4.19. The Balaban J connectivity index is 3.36. The lowest BCUT2D eigenvalue weighted by molar-refractivity contribution is 0.398. The minimum absolute atomic E-state index is 0.0295. The zero-order chi connectivity index (χ0) is 11.3. The first kappa shape index (κ1) is 10.9. The third-order valence-corrected chi connectivity index (χ3v) is 1.60. The number of azide groups is 1. The highest BCUT2D eigenvalue weighted by Gasteiger charge is 2.09. The minimum Gasteiger partial charge on any atom is -0.479 e. The molecule has 0 aliphatic heterocycles. The molecule has 0 bridgehead atoms. The number of aromatic nitrogens is 2. The summed E-state index contributed by atoms with van der Waals surface area (Å²) >= 11 is 0. The fourth-order valence-corrected chi connectivity index (χ4v) is 1.03. The van der Waals surface area contributed by atoms with Crippen molar-refractivity contribution in [3.05, 3.63) is 16.1 Å². The molecule has 0 aromatic carbocycles. The smallest absolute Gasteiger partial charge is 0.243 e. The first-order chi connectivity index (χ1) is 7.22. The van der Waals surface area contributed by atoms with Crippen LogP contribution in [-0.2, 0) is 0 Å². The van der Waals surface area contributed by atoms with Gasteiger partial charge in [0, 0.05) is 11.1 Å². The average molecular weight is 206 g/mol. The molecule has 7 nitrogen and oxygen atoms in total. The molecule has 0 aliphatic rings. The maximum Gasteiger partial charge on any atom is 0.243 e. The highest BCUT2D eigenvalue weighted by atomic mass is 16.5. The van der Waals surface area contributed by atoms with Crippen LogP contribution in [0.3, 0.4) is 0 Å². The number of methoxy groups -OCH3 is 1. The molecule has 78 valence electrons. The predicted molar refractivity (Wildman–Crippen MR) is 56.0 cm³/mol. The van der Waals surface area contributed by atoms with Crippen LogP contribution in [0.15, 0.2) is 10.1 Å². The number of nitrogens with zero attached hydrogens (tertiary/aromatic N) is 6. The number of rotatable bonds is 3. The number of hydrogen-bond acceptors (Lipinski definition) is 5. The Morgan fingerprint density at radius 3 is 2.73 bits per heavy atom. The van der Waals surface area contributed by atoms with E-state index in [1.807, 2.05) is 0 Å². The van der Waals surface area contributed by atoms with Gasteiger partial charge in [0.05, 0.1) is 12.8 Å². The van der Waals surface area contributed by atoms with Gasteiger partial charge in [0.1, 0.15) is 5.69 Å². The van der Waals surface area contributed by atoms with Crippen molar-refractivity contribution < 1.29 is 4.74 Å². The first-order valence-electron chi connectivity index (χ1n) is 4.19. The van der Waals surface area contributed by atoms with Crippen molar-refractivity contribution in [2.24, 2.45) is 10.1 Å². The highest BCUT2D eigenvalue weighted by molar-refractivity contribution is 5.65. The molecule has 15 heavy (non-hydrogen) atoms. The topological polar surface area (TPSA) is 96.1 Å². The van der Waals surface area contributed by atoms with Crippen molar-refractivity contribution in [1.82, 2.24) is 9.97 Å². The minimum atomic E-state index is 0.0295. The summed E-state index contributed by atoms with van der Waals surface area (Å²) in [5.41, 5.74) is 9.39. The Labute approximate surface area is 86.5 Å². The monoisotopic (exact) mass is 206 g/mol. The summed E-state index contributed by atoms with van der Waals surface area (Å²) in [5.74, 6) is 0.324.